The van der Waals surface area contributed by atoms with Crippen molar-refractivity contribution in [2.24, 2.45) is 0 Å². The summed E-state index contributed by atoms with van der Waals surface area (Å²) >= 11 is 17.9. The van der Waals surface area contributed by atoms with Crippen LogP contribution < -0.4 is 16.4 Å². The Labute approximate surface area is 171 Å². The minimum Gasteiger partial charge on any atom is -0.393 e. The lowest BCUT2D eigenvalue weighted by Crippen LogP contribution is -2.08. The quantitative estimate of drug-likeness (QED) is 0.458. The van der Waals surface area contributed by atoms with Crippen molar-refractivity contribution in [2.75, 3.05) is 16.4 Å². The number of hydrogen-bond donors (Lipinski definition) is 3. The fourth-order valence-corrected chi connectivity index (χ4v) is 2.66. The molecule has 12 heteroatoms. The minimum absolute atomic E-state index is 0.0493. The van der Waals surface area contributed by atoms with Gasteiger partial charge in [-0.25, -0.2) is 15.0 Å². The van der Waals surface area contributed by atoms with Crippen LogP contribution in [-0.4, -0.2) is 15.0 Å². The van der Waals surface area contributed by atoms with Crippen LogP contribution in [0.25, 0.3) is 0 Å². The molecule has 0 saturated heterocycles. The fraction of sp³-hybridized carbons (Fsp3) is 0.0625. The Morgan fingerprint density at radius 1 is 0.857 bits per heavy atom. The van der Waals surface area contributed by atoms with E-state index in [2.05, 4.69) is 25.6 Å². The molecule has 0 saturated carbocycles. The van der Waals surface area contributed by atoms with Gasteiger partial charge in [-0.15, -0.1) is 0 Å². The summed E-state index contributed by atoms with van der Waals surface area (Å²) < 4.78 is 38.2. The van der Waals surface area contributed by atoms with E-state index in [1.165, 1.54) is 6.33 Å². The number of anilines is 5. The highest BCUT2D eigenvalue weighted by atomic mass is 35.5. The van der Waals surface area contributed by atoms with E-state index in [0.717, 1.165) is 6.07 Å². The average molecular weight is 450 g/mol. The van der Waals surface area contributed by atoms with Gasteiger partial charge in [-0.2, -0.15) is 13.2 Å². The molecule has 146 valence electrons. The molecule has 3 aromatic rings. The molecule has 3 rings (SSSR count). The number of nitrogens with zero attached hydrogens (tertiary/aromatic N) is 3. The molecule has 2 aromatic heterocycles. The topological polar surface area (TPSA) is 88.8 Å². The van der Waals surface area contributed by atoms with Crippen LogP contribution in [0.15, 0.2) is 36.8 Å². The number of hydrogen-bond acceptors (Lipinski definition) is 6. The molecule has 0 aliphatic heterocycles. The van der Waals surface area contributed by atoms with E-state index in [4.69, 9.17) is 40.5 Å². The highest BCUT2D eigenvalue weighted by molar-refractivity contribution is 6.35. The van der Waals surface area contributed by atoms with Gasteiger partial charge in [0, 0.05) is 11.2 Å². The van der Waals surface area contributed by atoms with Gasteiger partial charge < -0.3 is 16.4 Å². The van der Waals surface area contributed by atoms with Crippen molar-refractivity contribution < 1.29 is 13.2 Å². The van der Waals surface area contributed by atoms with Gasteiger partial charge in [-0.1, -0.05) is 34.8 Å². The van der Waals surface area contributed by atoms with Crippen molar-refractivity contribution in [1.29, 1.82) is 0 Å². The molecule has 0 atom stereocenters. The third kappa shape index (κ3) is 4.49. The normalized spacial score (nSPS) is 11.4. The predicted octanol–water partition coefficient (Wildman–Crippen LogP) is 5.92. The highest BCUT2D eigenvalue weighted by Gasteiger charge is 2.31. The van der Waals surface area contributed by atoms with Crippen molar-refractivity contribution in [2.45, 2.75) is 6.18 Å². The third-order valence-electron chi connectivity index (χ3n) is 3.47. The largest absolute Gasteiger partial charge is 0.417 e. The zero-order valence-corrected chi connectivity index (χ0v) is 15.9. The minimum atomic E-state index is -4.56. The molecular formula is C16H10Cl3F3N6. The number of rotatable bonds is 4. The molecule has 0 radical (unpaired) electrons. The smallest absolute Gasteiger partial charge is 0.393 e. The van der Waals surface area contributed by atoms with Crippen LogP contribution >= 0.6 is 34.8 Å². The van der Waals surface area contributed by atoms with E-state index in [1.54, 1.807) is 18.2 Å². The van der Waals surface area contributed by atoms with Crippen molar-refractivity contribution in [3.8, 4) is 0 Å². The van der Waals surface area contributed by atoms with Gasteiger partial charge in [-0.05, 0) is 24.3 Å². The summed E-state index contributed by atoms with van der Waals surface area (Å²) in [7, 11) is 0. The van der Waals surface area contributed by atoms with Crippen LogP contribution in [0.1, 0.15) is 5.56 Å². The Balaban J connectivity index is 1.88. The summed E-state index contributed by atoms with van der Waals surface area (Å²) in [5.74, 6) is 0.237. The summed E-state index contributed by atoms with van der Waals surface area (Å²) in [5.41, 5.74) is 5.58. The van der Waals surface area contributed by atoms with Crippen molar-refractivity contribution in [3.63, 3.8) is 0 Å². The Morgan fingerprint density at radius 3 is 2.18 bits per heavy atom. The molecule has 0 spiro atoms. The first kappa shape index (κ1) is 20.2. The van der Waals surface area contributed by atoms with Crippen molar-refractivity contribution in [3.05, 3.63) is 57.4 Å². The SMILES string of the molecule is Nc1c(Nc2cc(Cl)ccc2Cl)ncnc1Nc1ncc(C(F)(F)F)cc1Cl. The summed E-state index contributed by atoms with van der Waals surface area (Å²) in [6, 6.07) is 5.53. The lowest BCUT2D eigenvalue weighted by atomic mass is 10.2. The molecule has 6 nitrogen and oxygen atoms in total. The first-order chi connectivity index (χ1) is 13.1. The maximum atomic E-state index is 12.7. The van der Waals surface area contributed by atoms with E-state index in [0.29, 0.717) is 21.9 Å². The van der Waals surface area contributed by atoms with Crippen LogP contribution in [0.4, 0.5) is 42.0 Å². The second-order valence-corrected chi connectivity index (χ2v) is 6.66. The lowest BCUT2D eigenvalue weighted by molar-refractivity contribution is -0.137. The Bertz CT molecular complexity index is 1030. The first-order valence-electron chi connectivity index (χ1n) is 7.47. The maximum absolute atomic E-state index is 12.7. The third-order valence-corrected chi connectivity index (χ3v) is 4.32. The zero-order chi connectivity index (χ0) is 20.5. The number of nitrogens with one attached hydrogen (secondary N) is 2. The number of pyridine rings is 1. The van der Waals surface area contributed by atoms with Gasteiger partial charge in [0.15, 0.2) is 11.6 Å². The molecule has 0 bridgehead atoms. The summed E-state index contributed by atoms with van der Waals surface area (Å²) in [6.07, 6.45) is -2.72. The fourth-order valence-electron chi connectivity index (χ4n) is 2.11. The molecule has 28 heavy (non-hydrogen) atoms. The maximum Gasteiger partial charge on any atom is 0.417 e. The second-order valence-electron chi connectivity index (χ2n) is 5.41. The van der Waals surface area contributed by atoms with Crippen LogP contribution in [0.5, 0.6) is 0 Å². The van der Waals surface area contributed by atoms with E-state index in [1.807, 2.05) is 0 Å². The molecule has 2 heterocycles. The standard InChI is InChI=1S/C16H10Cl3F3N6/c17-8-1-2-9(18)11(4-8)27-14-12(23)15(26-6-25-14)28-13-10(19)3-7(5-24-13)16(20,21)22/h1-6H,23H2,(H2,24,25,26,27,28). The van der Waals surface area contributed by atoms with E-state index < -0.39 is 11.7 Å². The molecule has 0 aliphatic carbocycles. The number of halogens is 6. The van der Waals surface area contributed by atoms with Crippen molar-refractivity contribution >= 4 is 63.6 Å². The molecule has 1 aromatic carbocycles. The van der Waals surface area contributed by atoms with Crippen LogP contribution in [0.3, 0.4) is 0 Å². The predicted molar refractivity (Wildman–Crippen MR) is 104 cm³/mol. The lowest BCUT2D eigenvalue weighted by Gasteiger charge is -2.14. The Kier molecular flexibility index (Phi) is 5.69. The van der Waals surface area contributed by atoms with Gasteiger partial charge in [-0.3, -0.25) is 0 Å². The second kappa shape index (κ2) is 7.86. The molecule has 0 aliphatic rings. The van der Waals surface area contributed by atoms with Crippen LogP contribution in [0.2, 0.25) is 15.1 Å². The zero-order valence-electron chi connectivity index (χ0n) is 13.7. The molecular weight excluding hydrogens is 440 g/mol. The summed E-state index contributed by atoms with van der Waals surface area (Å²) in [5, 5.41) is 6.17. The number of benzene rings is 1. The number of nitrogens with two attached hydrogens (primary N) is 1. The summed E-state index contributed by atoms with van der Waals surface area (Å²) in [4.78, 5) is 11.7. The van der Waals surface area contributed by atoms with Crippen LogP contribution in [-0.2, 0) is 6.18 Å². The first-order valence-corrected chi connectivity index (χ1v) is 8.61. The van der Waals surface area contributed by atoms with Crippen molar-refractivity contribution in [1.82, 2.24) is 15.0 Å². The average Bonchev–Trinajstić information content (AvgIpc) is 2.62. The highest BCUT2D eigenvalue weighted by Crippen LogP contribution is 2.35. The van der Waals surface area contributed by atoms with Gasteiger partial charge in [0.2, 0.25) is 0 Å². The Hall–Kier alpha value is -2.49. The van der Waals surface area contributed by atoms with Gasteiger partial charge in [0.1, 0.15) is 17.8 Å². The number of aromatic nitrogens is 3. The van der Waals surface area contributed by atoms with E-state index in [9.17, 15) is 13.2 Å². The Morgan fingerprint density at radius 2 is 1.54 bits per heavy atom. The number of alkyl halides is 3. The number of nitrogen functional groups attached to an aromatic ring is 1. The van der Waals surface area contributed by atoms with E-state index >= 15 is 0 Å². The monoisotopic (exact) mass is 448 g/mol. The molecule has 4 N–H and O–H groups in total. The molecule has 0 fully saturated rings. The van der Waals surface area contributed by atoms with Gasteiger partial charge in [0.05, 0.1) is 21.3 Å². The van der Waals surface area contributed by atoms with Gasteiger partial charge in [0.25, 0.3) is 0 Å². The molecule has 0 unspecified atom stereocenters. The van der Waals surface area contributed by atoms with Crippen LogP contribution in [0, 0.1) is 0 Å². The summed E-state index contributed by atoms with van der Waals surface area (Å²) in [6.45, 7) is 0. The van der Waals surface area contributed by atoms with E-state index in [-0.39, 0.29) is 28.2 Å². The van der Waals surface area contributed by atoms with Gasteiger partial charge >= 0.3 is 6.18 Å². The molecule has 0 amide bonds.